The summed E-state index contributed by atoms with van der Waals surface area (Å²) < 4.78 is 16.8. The minimum absolute atomic E-state index is 0.0744. The third-order valence-corrected chi connectivity index (χ3v) is 12.2. The Labute approximate surface area is 385 Å². The van der Waals surface area contributed by atoms with Crippen molar-refractivity contribution < 1.29 is 28.6 Å². The number of rotatable bonds is 50. The number of ether oxygens (including phenoxy) is 3. The molecule has 0 unspecified atom stereocenters. The summed E-state index contributed by atoms with van der Waals surface area (Å²) in [6, 6.07) is 0. The third-order valence-electron chi connectivity index (χ3n) is 12.2. The molecule has 0 heterocycles. The summed E-state index contributed by atoms with van der Waals surface area (Å²) >= 11 is 0. The van der Waals surface area contributed by atoms with Gasteiger partial charge in [0.25, 0.3) is 0 Å². The lowest BCUT2D eigenvalue weighted by Crippen LogP contribution is -2.30. The Kier molecular flexibility index (Phi) is 49.8. The summed E-state index contributed by atoms with van der Waals surface area (Å²) in [5.74, 6) is -0.875. The van der Waals surface area contributed by atoms with Crippen LogP contribution in [-0.4, -0.2) is 37.2 Å². The SMILES string of the molecule is CCCCC/C=C\CCCCCCCC(=O)OC[C@H](COC(=O)CCCCCCC/C=C\CCCCCCCCC)OC(=O)CCCCCCCCCCCCCCCCCC. The van der Waals surface area contributed by atoms with E-state index in [-0.39, 0.29) is 31.1 Å². The van der Waals surface area contributed by atoms with Crippen LogP contribution in [0.1, 0.15) is 297 Å². The van der Waals surface area contributed by atoms with Gasteiger partial charge in [-0.05, 0) is 70.6 Å². The number of esters is 3. The molecular formula is C56H104O6. The molecule has 0 aromatic heterocycles. The van der Waals surface area contributed by atoms with Crippen molar-refractivity contribution in [1.82, 2.24) is 0 Å². The van der Waals surface area contributed by atoms with Gasteiger partial charge in [-0.3, -0.25) is 14.4 Å². The average molecular weight is 873 g/mol. The lowest BCUT2D eigenvalue weighted by Gasteiger charge is -2.18. The summed E-state index contributed by atoms with van der Waals surface area (Å²) in [6.45, 7) is 6.63. The molecule has 0 aliphatic rings. The minimum atomic E-state index is -0.773. The maximum absolute atomic E-state index is 12.8. The molecule has 1 atom stereocenters. The lowest BCUT2D eigenvalue weighted by atomic mass is 10.0. The molecule has 0 aromatic rings. The molecule has 0 bridgehead atoms. The Bertz CT molecular complexity index is 1000. The van der Waals surface area contributed by atoms with Crippen molar-refractivity contribution in [2.75, 3.05) is 13.2 Å². The van der Waals surface area contributed by atoms with Crippen molar-refractivity contribution in [2.45, 2.75) is 303 Å². The predicted octanol–water partition coefficient (Wildman–Crippen LogP) is 17.9. The van der Waals surface area contributed by atoms with E-state index in [1.165, 1.54) is 186 Å². The minimum Gasteiger partial charge on any atom is -0.462 e. The fourth-order valence-electron chi connectivity index (χ4n) is 8.02. The topological polar surface area (TPSA) is 78.9 Å². The molecule has 0 aromatic carbocycles. The second-order valence-corrected chi connectivity index (χ2v) is 18.5. The smallest absolute Gasteiger partial charge is 0.306 e. The zero-order chi connectivity index (χ0) is 45.1. The molecule has 0 rings (SSSR count). The van der Waals surface area contributed by atoms with Gasteiger partial charge >= 0.3 is 17.9 Å². The van der Waals surface area contributed by atoms with Crippen molar-refractivity contribution in [3.8, 4) is 0 Å². The molecule has 364 valence electrons. The van der Waals surface area contributed by atoms with Crippen LogP contribution in [0.5, 0.6) is 0 Å². The predicted molar refractivity (Wildman–Crippen MR) is 266 cm³/mol. The van der Waals surface area contributed by atoms with Gasteiger partial charge in [0.15, 0.2) is 6.10 Å². The average Bonchev–Trinajstić information content (AvgIpc) is 3.27. The largest absolute Gasteiger partial charge is 0.462 e. The standard InChI is InChI=1S/C56H104O6/c1-4-7-10-13-16-19-22-25-27-29-31-34-37-40-43-46-49-55(58)61-52-53(51-60-54(57)48-45-42-39-36-33-24-21-18-15-12-9-6-3)62-56(59)50-47-44-41-38-35-32-30-28-26-23-20-17-14-11-8-5-2/h18,21,27,29,53H,4-17,19-20,22-26,28,30-52H2,1-3H3/b21-18-,29-27-/t53-/m1/s1. The fraction of sp³-hybridized carbons (Fsp3) is 0.875. The van der Waals surface area contributed by atoms with Gasteiger partial charge in [0.2, 0.25) is 0 Å². The van der Waals surface area contributed by atoms with Gasteiger partial charge in [-0.1, -0.05) is 231 Å². The second kappa shape index (κ2) is 51.5. The lowest BCUT2D eigenvalue weighted by molar-refractivity contribution is -0.167. The van der Waals surface area contributed by atoms with Crippen LogP contribution < -0.4 is 0 Å². The van der Waals surface area contributed by atoms with Gasteiger partial charge in [0.05, 0.1) is 0 Å². The molecular weight excluding hydrogens is 769 g/mol. The van der Waals surface area contributed by atoms with E-state index >= 15 is 0 Å². The highest BCUT2D eigenvalue weighted by atomic mass is 16.6. The molecule has 62 heavy (non-hydrogen) atoms. The fourth-order valence-corrected chi connectivity index (χ4v) is 8.02. The zero-order valence-corrected chi connectivity index (χ0v) is 41.7. The molecule has 6 heteroatoms. The van der Waals surface area contributed by atoms with E-state index in [2.05, 4.69) is 45.1 Å². The Morgan fingerprint density at radius 3 is 0.839 bits per heavy atom. The van der Waals surface area contributed by atoms with Gasteiger partial charge in [0.1, 0.15) is 13.2 Å². The summed E-state index contributed by atoms with van der Waals surface area (Å²) in [7, 11) is 0. The van der Waals surface area contributed by atoms with Crippen LogP contribution in [0.2, 0.25) is 0 Å². The Hall–Kier alpha value is -2.11. The molecule has 0 radical (unpaired) electrons. The summed E-state index contributed by atoms with van der Waals surface area (Å²) in [4.78, 5) is 38.0. The zero-order valence-electron chi connectivity index (χ0n) is 41.7. The van der Waals surface area contributed by atoms with Gasteiger partial charge in [-0.15, -0.1) is 0 Å². The quantitative estimate of drug-likeness (QED) is 0.0262. The van der Waals surface area contributed by atoms with Gasteiger partial charge in [-0.25, -0.2) is 0 Å². The Morgan fingerprint density at radius 1 is 0.306 bits per heavy atom. The van der Waals surface area contributed by atoms with Crippen LogP contribution in [0.4, 0.5) is 0 Å². The van der Waals surface area contributed by atoms with Crippen molar-refractivity contribution >= 4 is 17.9 Å². The molecule has 0 amide bonds. The first-order valence-electron chi connectivity index (χ1n) is 27.3. The number of allylic oxidation sites excluding steroid dienone is 4. The van der Waals surface area contributed by atoms with Crippen molar-refractivity contribution in [3.05, 3.63) is 24.3 Å². The third kappa shape index (κ3) is 48.9. The van der Waals surface area contributed by atoms with Crippen LogP contribution in [-0.2, 0) is 28.6 Å². The second-order valence-electron chi connectivity index (χ2n) is 18.5. The highest BCUT2D eigenvalue weighted by molar-refractivity contribution is 5.71. The Balaban J connectivity index is 4.34. The number of carbonyl (C=O) groups excluding carboxylic acids is 3. The number of unbranched alkanes of at least 4 members (excludes halogenated alkanes) is 35. The van der Waals surface area contributed by atoms with E-state index in [1.54, 1.807) is 0 Å². The summed E-state index contributed by atoms with van der Waals surface area (Å²) in [5, 5.41) is 0. The number of carbonyl (C=O) groups is 3. The van der Waals surface area contributed by atoms with Crippen molar-refractivity contribution in [3.63, 3.8) is 0 Å². The van der Waals surface area contributed by atoms with E-state index in [9.17, 15) is 14.4 Å². The van der Waals surface area contributed by atoms with Gasteiger partial charge in [-0.2, -0.15) is 0 Å². The van der Waals surface area contributed by atoms with E-state index in [1.807, 2.05) is 0 Å². The molecule has 0 aliphatic heterocycles. The molecule has 0 N–H and O–H groups in total. The summed E-state index contributed by atoms with van der Waals surface area (Å²) in [6.07, 6.45) is 58.7. The monoisotopic (exact) mass is 873 g/mol. The molecule has 6 nitrogen and oxygen atoms in total. The molecule has 0 saturated heterocycles. The van der Waals surface area contributed by atoms with Gasteiger partial charge < -0.3 is 14.2 Å². The van der Waals surface area contributed by atoms with E-state index in [0.717, 1.165) is 70.6 Å². The molecule has 0 saturated carbocycles. The van der Waals surface area contributed by atoms with Crippen LogP contribution in [0.15, 0.2) is 24.3 Å². The summed E-state index contributed by atoms with van der Waals surface area (Å²) in [5.41, 5.74) is 0. The molecule has 0 spiro atoms. The van der Waals surface area contributed by atoms with E-state index in [0.29, 0.717) is 19.3 Å². The van der Waals surface area contributed by atoms with Crippen LogP contribution >= 0.6 is 0 Å². The Morgan fingerprint density at radius 2 is 0.532 bits per heavy atom. The number of hydrogen-bond acceptors (Lipinski definition) is 6. The van der Waals surface area contributed by atoms with Crippen molar-refractivity contribution in [2.24, 2.45) is 0 Å². The first kappa shape index (κ1) is 59.9. The van der Waals surface area contributed by atoms with Crippen molar-refractivity contribution in [1.29, 1.82) is 0 Å². The van der Waals surface area contributed by atoms with Crippen LogP contribution in [0.3, 0.4) is 0 Å². The van der Waals surface area contributed by atoms with E-state index < -0.39 is 6.10 Å². The number of hydrogen-bond donors (Lipinski definition) is 0. The highest BCUT2D eigenvalue weighted by Crippen LogP contribution is 2.16. The van der Waals surface area contributed by atoms with Gasteiger partial charge in [0, 0.05) is 19.3 Å². The highest BCUT2D eigenvalue weighted by Gasteiger charge is 2.19. The normalized spacial score (nSPS) is 12.1. The van der Waals surface area contributed by atoms with E-state index in [4.69, 9.17) is 14.2 Å². The van der Waals surface area contributed by atoms with Crippen LogP contribution in [0.25, 0.3) is 0 Å². The first-order chi connectivity index (χ1) is 30.5. The maximum atomic E-state index is 12.8. The molecule has 0 fully saturated rings. The van der Waals surface area contributed by atoms with Crippen LogP contribution in [0, 0.1) is 0 Å². The maximum Gasteiger partial charge on any atom is 0.306 e. The molecule has 0 aliphatic carbocycles. The first-order valence-corrected chi connectivity index (χ1v) is 27.3.